The Bertz CT molecular complexity index is 2470. The van der Waals surface area contributed by atoms with Crippen LogP contribution in [-0.2, 0) is 11.2 Å². The molecule has 1 saturated carbocycles. The van der Waals surface area contributed by atoms with Crippen molar-refractivity contribution in [1.82, 2.24) is 35.1 Å². The van der Waals surface area contributed by atoms with Gasteiger partial charge in [0.25, 0.3) is 11.8 Å². The molecule has 17 heteroatoms. The standard InChI is InChI=1S/C42H42ClFN10O5/c1-45-33-21-37(50-54-36(23-47-39(33)54)40(56)48-32-20-30(32)44)52-16-11-28-27(3-2-4-34(28)52)31-8-6-26(22-46-31)59-18-13-24-9-14-51(15-10-24)41(57)25-5-7-29(43)35(19-25)53-17-12-38(55)49-42(53)58/h2-8,19,21-24,30,32,45H,9-18,20H2,1H3,(H,48,56)(H,49,55,58)/t30-,32+/m0/s1. The molecule has 5 amide bonds. The Hall–Kier alpha value is -6.29. The minimum Gasteiger partial charge on any atom is -0.492 e. The molecule has 6 heterocycles. The lowest BCUT2D eigenvalue weighted by atomic mass is 9.93. The summed E-state index contributed by atoms with van der Waals surface area (Å²) >= 11 is 6.39. The lowest BCUT2D eigenvalue weighted by Crippen LogP contribution is -2.49. The number of aromatic nitrogens is 4. The van der Waals surface area contributed by atoms with Crippen molar-refractivity contribution in [3.05, 3.63) is 88.8 Å². The zero-order valence-corrected chi connectivity index (χ0v) is 33.0. The Morgan fingerprint density at radius 3 is 2.53 bits per heavy atom. The summed E-state index contributed by atoms with van der Waals surface area (Å²) in [6.45, 7) is 2.62. The van der Waals surface area contributed by atoms with Gasteiger partial charge in [0.15, 0.2) is 17.2 Å². The van der Waals surface area contributed by atoms with Gasteiger partial charge in [0.1, 0.15) is 11.9 Å². The zero-order valence-electron chi connectivity index (χ0n) is 32.3. The average Bonchev–Trinajstić information content (AvgIpc) is 3.56. The topological polar surface area (TPSA) is 166 Å². The molecule has 304 valence electrons. The zero-order chi connectivity index (χ0) is 40.8. The van der Waals surface area contributed by atoms with Crippen LogP contribution in [0.25, 0.3) is 16.9 Å². The second-order valence-corrected chi connectivity index (χ2v) is 15.7. The summed E-state index contributed by atoms with van der Waals surface area (Å²) in [5.74, 6) is 0.866. The predicted octanol–water partition coefficient (Wildman–Crippen LogP) is 5.79. The summed E-state index contributed by atoms with van der Waals surface area (Å²) < 4.78 is 21.2. The normalized spacial score (nSPS) is 19.1. The van der Waals surface area contributed by atoms with Crippen LogP contribution in [-0.4, -0.2) is 100 Å². The fraction of sp³-hybridized carbons (Fsp3) is 0.357. The number of piperidine rings is 1. The molecule has 5 aromatic rings. The fourth-order valence-corrected chi connectivity index (χ4v) is 8.34. The van der Waals surface area contributed by atoms with E-state index in [1.807, 2.05) is 29.2 Å². The van der Waals surface area contributed by atoms with Crippen LogP contribution in [0.5, 0.6) is 5.75 Å². The number of alkyl halides is 1. The lowest BCUT2D eigenvalue weighted by Gasteiger charge is -2.32. The highest BCUT2D eigenvalue weighted by molar-refractivity contribution is 6.34. The molecular formula is C42H42ClFN10O5. The molecule has 3 aliphatic heterocycles. The third-order valence-electron chi connectivity index (χ3n) is 11.5. The van der Waals surface area contributed by atoms with Gasteiger partial charge in [0, 0.05) is 68.9 Å². The molecule has 2 aromatic carbocycles. The van der Waals surface area contributed by atoms with E-state index in [-0.39, 0.29) is 30.5 Å². The number of carbonyl (C=O) groups is 4. The van der Waals surface area contributed by atoms with E-state index in [0.717, 1.165) is 48.2 Å². The quantitative estimate of drug-likeness (QED) is 0.149. The molecule has 0 bridgehead atoms. The SMILES string of the molecule is CNc1cc(N2CCc3c(-c4ccc(OCCC5CCN(C(=O)c6ccc(Cl)c(N7CCC(=O)NC7=O)c6)CC5)cn4)cccc32)nn2c(C(=O)N[C@@H]3C[C@@H]3F)cnc12. The molecule has 15 nitrogen and oxygen atoms in total. The third kappa shape index (κ3) is 7.59. The van der Waals surface area contributed by atoms with Crippen LogP contribution in [0.1, 0.15) is 58.5 Å². The Balaban J connectivity index is 0.801. The van der Waals surface area contributed by atoms with Gasteiger partial charge < -0.3 is 25.2 Å². The lowest BCUT2D eigenvalue weighted by molar-refractivity contribution is -0.120. The number of nitrogens with one attached hydrogen (secondary N) is 3. The van der Waals surface area contributed by atoms with Crippen molar-refractivity contribution in [2.45, 2.75) is 50.7 Å². The molecule has 0 unspecified atom stereocenters. The molecule has 9 rings (SSSR count). The summed E-state index contributed by atoms with van der Waals surface area (Å²) in [6.07, 6.45) is 5.99. The average molecular weight is 821 g/mol. The Labute approximate surface area is 343 Å². The van der Waals surface area contributed by atoms with Crippen molar-refractivity contribution in [3.8, 4) is 17.0 Å². The van der Waals surface area contributed by atoms with Gasteiger partial charge in [0.2, 0.25) is 5.91 Å². The number of pyridine rings is 1. The number of imidazole rings is 1. The van der Waals surface area contributed by atoms with Gasteiger partial charge in [-0.15, -0.1) is 5.10 Å². The van der Waals surface area contributed by atoms with Gasteiger partial charge >= 0.3 is 6.03 Å². The van der Waals surface area contributed by atoms with Crippen LogP contribution in [0.3, 0.4) is 0 Å². The van der Waals surface area contributed by atoms with E-state index < -0.39 is 24.2 Å². The molecule has 3 aromatic heterocycles. The number of nitrogens with zero attached hydrogens (tertiary/aromatic N) is 7. The molecule has 3 N–H and O–H groups in total. The van der Waals surface area contributed by atoms with E-state index >= 15 is 0 Å². The molecule has 4 aliphatic rings. The van der Waals surface area contributed by atoms with Crippen molar-refractivity contribution in [2.75, 3.05) is 55.0 Å². The van der Waals surface area contributed by atoms with Crippen LogP contribution < -0.4 is 30.5 Å². The van der Waals surface area contributed by atoms with E-state index in [1.165, 1.54) is 15.6 Å². The molecule has 0 spiro atoms. The van der Waals surface area contributed by atoms with E-state index in [2.05, 4.69) is 38.0 Å². The first-order valence-electron chi connectivity index (χ1n) is 19.9. The Kier molecular flexibility index (Phi) is 10.2. The van der Waals surface area contributed by atoms with Gasteiger partial charge in [-0.25, -0.2) is 18.7 Å². The maximum atomic E-state index is 13.5. The minimum atomic E-state index is -1.02. The van der Waals surface area contributed by atoms with E-state index in [1.54, 1.807) is 31.4 Å². The van der Waals surface area contributed by atoms with Crippen LogP contribution in [0.4, 0.5) is 32.1 Å². The van der Waals surface area contributed by atoms with Gasteiger partial charge in [-0.3, -0.25) is 29.6 Å². The number of rotatable bonds is 11. The smallest absolute Gasteiger partial charge is 0.328 e. The predicted molar refractivity (Wildman–Crippen MR) is 219 cm³/mol. The molecule has 0 radical (unpaired) electrons. The highest BCUT2D eigenvalue weighted by Crippen LogP contribution is 2.40. The molecule has 2 saturated heterocycles. The number of imide groups is 1. The van der Waals surface area contributed by atoms with Gasteiger partial charge in [0.05, 0.1) is 47.1 Å². The van der Waals surface area contributed by atoms with Crippen molar-refractivity contribution in [3.63, 3.8) is 0 Å². The highest BCUT2D eigenvalue weighted by atomic mass is 35.5. The minimum absolute atomic E-state index is 0.118. The first-order valence-corrected chi connectivity index (χ1v) is 20.2. The summed E-state index contributed by atoms with van der Waals surface area (Å²) in [7, 11) is 1.79. The number of benzene rings is 2. The Morgan fingerprint density at radius 2 is 1.78 bits per heavy atom. The molecule has 59 heavy (non-hydrogen) atoms. The van der Waals surface area contributed by atoms with Crippen LogP contribution in [0, 0.1) is 5.92 Å². The maximum absolute atomic E-state index is 13.5. The molecule has 2 atom stereocenters. The van der Waals surface area contributed by atoms with Gasteiger partial charge in [-0.05, 0) is 73.6 Å². The number of ether oxygens (including phenoxy) is 1. The van der Waals surface area contributed by atoms with Crippen molar-refractivity contribution < 1.29 is 28.3 Å². The summed E-state index contributed by atoms with van der Waals surface area (Å²) in [5.41, 5.74) is 6.30. The number of amides is 5. The van der Waals surface area contributed by atoms with Crippen LogP contribution in [0.15, 0.2) is 67.0 Å². The molecule has 1 aliphatic carbocycles. The second-order valence-electron chi connectivity index (χ2n) is 15.3. The van der Waals surface area contributed by atoms with E-state index in [9.17, 15) is 23.6 Å². The Morgan fingerprint density at radius 1 is 0.966 bits per heavy atom. The first-order chi connectivity index (χ1) is 28.6. The maximum Gasteiger partial charge on any atom is 0.328 e. The first kappa shape index (κ1) is 38.2. The van der Waals surface area contributed by atoms with Crippen LogP contribution >= 0.6 is 11.6 Å². The monoisotopic (exact) mass is 820 g/mol. The highest BCUT2D eigenvalue weighted by Gasteiger charge is 2.39. The van der Waals surface area contributed by atoms with Crippen LogP contribution in [0.2, 0.25) is 5.02 Å². The number of fused-ring (bicyclic) bond motifs is 2. The third-order valence-corrected chi connectivity index (χ3v) is 11.9. The van der Waals surface area contributed by atoms with Crippen molar-refractivity contribution >= 4 is 63.9 Å². The largest absolute Gasteiger partial charge is 0.492 e. The molecular weight excluding hydrogens is 779 g/mol. The number of hydrogen-bond donors (Lipinski definition) is 3. The number of anilines is 4. The van der Waals surface area contributed by atoms with Gasteiger partial charge in [-0.2, -0.15) is 0 Å². The number of hydrogen-bond acceptors (Lipinski definition) is 10. The van der Waals surface area contributed by atoms with E-state index in [0.29, 0.717) is 77.8 Å². The van der Waals surface area contributed by atoms with Crippen molar-refractivity contribution in [2.24, 2.45) is 5.92 Å². The number of likely N-dealkylation sites (tertiary alicyclic amines) is 1. The van der Waals surface area contributed by atoms with Gasteiger partial charge in [-0.1, -0.05) is 23.7 Å². The summed E-state index contributed by atoms with van der Waals surface area (Å²) in [6, 6.07) is 15.8. The summed E-state index contributed by atoms with van der Waals surface area (Å²) in [5, 5.41) is 13.4. The number of urea groups is 1. The fourth-order valence-electron chi connectivity index (χ4n) is 8.12. The second kappa shape index (κ2) is 15.8. The number of carbonyl (C=O) groups excluding carboxylic acids is 4. The van der Waals surface area contributed by atoms with Crippen molar-refractivity contribution in [1.29, 1.82) is 0 Å². The summed E-state index contributed by atoms with van der Waals surface area (Å²) in [4.78, 5) is 65.0. The molecule has 3 fully saturated rings. The number of halogens is 2. The van der Waals surface area contributed by atoms with E-state index in [4.69, 9.17) is 26.4 Å².